The molecular formula is C11H15Br2NO4S2. The van der Waals surface area contributed by atoms with E-state index in [2.05, 4.69) is 41.3 Å². The summed E-state index contributed by atoms with van der Waals surface area (Å²) in [5.74, 6) is -0.438. The third-order valence-electron chi connectivity index (χ3n) is 2.41. The van der Waals surface area contributed by atoms with E-state index in [9.17, 15) is 13.2 Å². The molecule has 114 valence electrons. The van der Waals surface area contributed by atoms with Crippen LogP contribution in [-0.2, 0) is 19.6 Å². The highest BCUT2D eigenvalue weighted by atomic mass is 79.9. The van der Waals surface area contributed by atoms with Crippen molar-refractivity contribution in [2.45, 2.75) is 31.2 Å². The van der Waals surface area contributed by atoms with E-state index < -0.39 is 22.0 Å². The minimum Gasteiger partial charge on any atom is -0.468 e. The van der Waals surface area contributed by atoms with Crippen LogP contribution in [-0.4, -0.2) is 27.5 Å². The second-order valence-electron chi connectivity index (χ2n) is 4.52. The fourth-order valence-electron chi connectivity index (χ4n) is 1.57. The van der Waals surface area contributed by atoms with Crippen molar-refractivity contribution in [1.82, 2.24) is 4.72 Å². The lowest BCUT2D eigenvalue weighted by molar-refractivity contribution is -0.143. The maximum Gasteiger partial charge on any atom is 0.323 e. The van der Waals surface area contributed by atoms with Crippen molar-refractivity contribution in [3.8, 4) is 0 Å². The van der Waals surface area contributed by atoms with E-state index in [-0.39, 0.29) is 10.8 Å². The van der Waals surface area contributed by atoms with Gasteiger partial charge in [-0.2, -0.15) is 4.72 Å². The zero-order chi connectivity index (χ0) is 15.5. The molecule has 0 aromatic carbocycles. The highest BCUT2D eigenvalue weighted by Gasteiger charge is 2.29. The van der Waals surface area contributed by atoms with Gasteiger partial charge in [-0.3, -0.25) is 4.79 Å². The average Bonchev–Trinajstić information content (AvgIpc) is 2.66. The number of halogens is 2. The van der Waals surface area contributed by atoms with E-state index >= 15 is 0 Å². The first-order valence-corrected chi connectivity index (χ1v) is 9.61. The number of nitrogens with one attached hydrogen (secondary N) is 1. The third kappa shape index (κ3) is 4.80. The topological polar surface area (TPSA) is 72.5 Å². The summed E-state index contributed by atoms with van der Waals surface area (Å²) in [5, 5.41) is 0. The minimum atomic E-state index is -3.79. The van der Waals surface area contributed by atoms with Gasteiger partial charge in [-0.05, 0) is 50.3 Å². The molecule has 0 bridgehead atoms. The summed E-state index contributed by atoms with van der Waals surface area (Å²) in [6.45, 7) is 3.81. The number of methoxy groups -OCH3 is 1. The Hall–Kier alpha value is 0.0400. The van der Waals surface area contributed by atoms with Crippen molar-refractivity contribution in [1.29, 1.82) is 0 Å². The second-order valence-corrected chi connectivity index (χ2v) is 9.95. The Morgan fingerprint density at radius 2 is 2.05 bits per heavy atom. The molecule has 1 unspecified atom stereocenters. The lowest BCUT2D eigenvalue weighted by Crippen LogP contribution is -2.42. The number of carbonyl (C=O) groups excluding carboxylic acids is 1. The summed E-state index contributed by atoms with van der Waals surface area (Å²) in [5.41, 5.74) is 0. The Kier molecular flexibility index (Phi) is 6.65. The van der Waals surface area contributed by atoms with Crippen molar-refractivity contribution in [3.63, 3.8) is 0 Å². The van der Waals surface area contributed by atoms with Crippen molar-refractivity contribution in [3.05, 3.63) is 13.6 Å². The number of thiophene rings is 1. The standard InChI is InChI=1S/C11H15Br2NO4S2/c1-6(2)4-7(11(15)18-3)14-20(16,17)8-5-9(12)19-10(8)13/h5-7,14H,4H2,1-3H3. The molecule has 0 fully saturated rings. The van der Waals surface area contributed by atoms with Crippen LogP contribution in [0.4, 0.5) is 0 Å². The zero-order valence-electron chi connectivity index (χ0n) is 11.1. The van der Waals surface area contributed by atoms with Gasteiger partial charge in [0.05, 0.1) is 14.7 Å². The Balaban J connectivity index is 3.02. The van der Waals surface area contributed by atoms with Gasteiger partial charge in [0.2, 0.25) is 10.0 Å². The summed E-state index contributed by atoms with van der Waals surface area (Å²) in [4.78, 5) is 11.8. The van der Waals surface area contributed by atoms with E-state index in [0.717, 1.165) is 0 Å². The number of sulfonamides is 1. The number of esters is 1. The number of ether oxygens (including phenoxy) is 1. The van der Waals surface area contributed by atoms with Gasteiger partial charge >= 0.3 is 5.97 Å². The van der Waals surface area contributed by atoms with Crippen LogP contribution < -0.4 is 4.72 Å². The fourth-order valence-corrected chi connectivity index (χ4v) is 6.57. The van der Waals surface area contributed by atoms with Crippen LogP contribution in [0, 0.1) is 5.92 Å². The number of rotatable bonds is 6. The molecule has 5 nitrogen and oxygen atoms in total. The van der Waals surface area contributed by atoms with Crippen LogP contribution in [0.15, 0.2) is 18.5 Å². The van der Waals surface area contributed by atoms with E-state index in [1.54, 1.807) is 0 Å². The lowest BCUT2D eigenvalue weighted by atomic mass is 10.1. The normalized spacial score (nSPS) is 13.5. The van der Waals surface area contributed by atoms with Crippen LogP contribution in [0.1, 0.15) is 20.3 Å². The third-order valence-corrected chi connectivity index (χ3v) is 6.63. The van der Waals surface area contributed by atoms with Crippen LogP contribution in [0.3, 0.4) is 0 Å². The number of hydrogen-bond donors (Lipinski definition) is 1. The molecule has 0 spiro atoms. The molecule has 1 heterocycles. The predicted molar refractivity (Wildman–Crippen MR) is 85.3 cm³/mol. The molecule has 0 aliphatic carbocycles. The summed E-state index contributed by atoms with van der Waals surface area (Å²) >= 11 is 7.68. The van der Waals surface area contributed by atoms with E-state index in [1.165, 1.54) is 24.5 Å². The van der Waals surface area contributed by atoms with Gasteiger partial charge in [-0.15, -0.1) is 11.3 Å². The number of carbonyl (C=O) groups is 1. The lowest BCUT2D eigenvalue weighted by Gasteiger charge is -2.18. The first kappa shape index (κ1) is 18.1. The Morgan fingerprint density at radius 1 is 1.45 bits per heavy atom. The maximum absolute atomic E-state index is 12.3. The van der Waals surface area contributed by atoms with Crippen LogP contribution in [0.5, 0.6) is 0 Å². The summed E-state index contributed by atoms with van der Waals surface area (Å²) < 4.78 is 32.8. The maximum atomic E-state index is 12.3. The van der Waals surface area contributed by atoms with Crippen molar-refractivity contribution < 1.29 is 17.9 Å². The summed E-state index contributed by atoms with van der Waals surface area (Å²) in [6.07, 6.45) is 0.370. The quantitative estimate of drug-likeness (QED) is 0.678. The Bertz CT molecular complexity index is 583. The Labute approximate surface area is 139 Å². The zero-order valence-corrected chi connectivity index (χ0v) is 15.9. The van der Waals surface area contributed by atoms with E-state index in [0.29, 0.717) is 14.0 Å². The second kappa shape index (κ2) is 7.35. The average molecular weight is 449 g/mol. The SMILES string of the molecule is COC(=O)C(CC(C)C)NS(=O)(=O)c1cc(Br)sc1Br. The monoisotopic (exact) mass is 447 g/mol. The molecule has 0 saturated carbocycles. The van der Waals surface area contributed by atoms with Crippen molar-refractivity contribution >= 4 is 59.2 Å². The van der Waals surface area contributed by atoms with Crippen molar-refractivity contribution in [2.24, 2.45) is 5.92 Å². The highest BCUT2D eigenvalue weighted by molar-refractivity contribution is 9.12. The van der Waals surface area contributed by atoms with E-state index in [1.807, 2.05) is 13.8 Å². The van der Waals surface area contributed by atoms with Gasteiger partial charge in [0.25, 0.3) is 0 Å². The number of hydrogen-bond acceptors (Lipinski definition) is 5. The van der Waals surface area contributed by atoms with E-state index in [4.69, 9.17) is 0 Å². The van der Waals surface area contributed by atoms with Crippen LogP contribution >= 0.6 is 43.2 Å². The highest BCUT2D eigenvalue weighted by Crippen LogP contribution is 2.34. The van der Waals surface area contributed by atoms with Crippen molar-refractivity contribution in [2.75, 3.05) is 7.11 Å². The molecule has 1 aromatic heterocycles. The van der Waals surface area contributed by atoms with Gasteiger partial charge in [0, 0.05) is 0 Å². The molecule has 0 aliphatic rings. The largest absolute Gasteiger partial charge is 0.468 e. The van der Waals surface area contributed by atoms with Gasteiger partial charge in [-0.25, -0.2) is 8.42 Å². The van der Waals surface area contributed by atoms with Gasteiger partial charge in [-0.1, -0.05) is 13.8 Å². The molecule has 0 aliphatic heterocycles. The Morgan fingerprint density at radius 3 is 2.45 bits per heavy atom. The smallest absolute Gasteiger partial charge is 0.323 e. The molecule has 9 heteroatoms. The summed E-state index contributed by atoms with van der Waals surface area (Å²) in [6, 6.07) is 0.594. The molecule has 0 saturated heterocycles. The molecule has 0 radical (unpaired) electrons. The molecule has 0 amide bonds. The van der Waals surface area contributed by atoms with Gasteiger partial charge in [0.1, 0.15) is 10.9 Å². The molecule has 1 N–H and O–H groups in total. The van der Waals surface area contributed by atoms with Crippen LogP contribution in [0.2, 0.25) is 0 Å². The first-order chi connectivity index (χ1) is 9.17. The minimum absolute atomic E-state index is 0.104. The van der Waals surface area contributed by atoms with Gasteiger partial charge in [0.15, 0.2) is 0 Å². The molecule has 1 rings (SSSR count). The molecule has 1 atom stereocenters. The predicted octanol–water partition coefficient (Wildman–Crippen LogP) is 3.14. The molecule has 1 aromatic rings. The molecule has 20 heavy (non-hydrogen) atoms. The first-order valence-electron chi connectivity index (χ1n) is 5.72. The fraction of sp³-hybridized carbons (Fsp3) is 0.545. The van der Waals surface area contributed by atoms with Crippen LogP contribution in [0.25, 0.3) is 0 Å². The molecular weight excluding hydrogens is 434 g/mol. The summed E-state index contributed by atoms with van der Waals surface area (Å²) in [7, 11) is -2.55. The van der Waals surface area contributed by atoms with Gasteiger partial charge < -0.3 is 4.74 Å².